The zero-order chi connectivity index (χ0) is 14.1. The molecule has 0 amide bonds. The van der Waals surface area contributed by atoms with Crippen LogP contribution in [0.25, 0.3) is 0 Å². The van der Waals surface area contributed by atoms with Crippen LogP contribution in [0.4, 0.5) is 5.69 Å². The van der Waals surface area contributed by atoms with E-state index in [0.29, 0.717) is 21.6 Å². The second-order valence-electron chi connectivity index (χ2n) is 4.70. The first kappa shape index (κ1) is 13.5. The van der Waals surface area contributed by atoms with Crippen molar-refractivity contribution >= 4 is 34.1 Å². The lowest BCUT2D eigenvalue weighted by Gasteiger charge is -2.10. The topological polar surface area (TPSA) is 21.6 Å². The van der Waals surface area contributed by atoms with Gasteiger partial charge in [-0.05, 0) is 36.2 Å². The number of ether oxygens (including phenoxy) is 1. The normalized spacial score (nSPS) is 12.8. The maximum atomic E-state index is 6.29. The highest BCUT2D eigenvalue weighted by molar-refractivity contribution is 6.70. The molecule has 102 valence electrons. The quantitative estimate of drug-likeness (QED) is 0.696. The summed E-state index contributed by atoms with van der Waals surface area (Å²) in [6.45, 7) is 2.15. The Morgan fingerprint density at radius 3 is 2.70 bits per heavy atom. The molecule has 0 radical (unpaired) electrons. The standard InChI is InChI=1S/C16H13Cl2NO/c1-2-3-10-4-6-12-14(8-10)20-15-9-11(17)5-7-13(15)19-16(12)18/h4-9H,2-3H2,1H3. The minimum atomic E-state index is 0.434. The van der Waals surface area contributed by atoms with E-state index in [1.807, 2.05) is 12.1 Å². The lowest BCUT2D eigenvalue weighted by Crippen LogP contribution is -1.95. The van der Waals surface area contributed by atoms with Gasteiger partial charge in [0.05, 0.1) is 5.56 Å². The number of aryl methyl sites for hydroxylation is 1. The van der Waals surface area contributed by atoms with Crippen molar-refractivity contribution in [2.24, 2.45) is 4.99 Å². The molecule has 0 bridgehead atoms. The molecule has 0 fully saturated rings. The Bertz CT molecular complexity index is 695. The highest BCUT2D eigenvalue weighted by Gasteiger charge is 2.17. The van der Waals surface area contributed by atoms with Gasteiger partial charge in [0.15, 0.2) is 5.75 Å². The first-order chi connectivity index (χ1) is 9.67. The van der Waals surface area contributed by atoms with Crippen LogP contribution in [0.5, 0.6) is 11.5 Å². The SMILES string of the molecule is CCCc1ccc2c(c1)Oc1cc(Cl)ccc1N=C2Cl. The summed E-state index contributed by atoms with van der Waals surface area (Å²) in [5, 5.41) is 1.05. The van der Waals surface area contributed by atoms with Crippen molar-refractivity contribution in [1.29, 1.82) is 0 Å². The monoisotopic (exact) mass is 305 g/mol. The summed E-state index contributed by atoms with van der Waals surface area (Å²) in [5.41, 5.74) is 2.72. The average Bonchev–Trinajstić information content (AvgIpc) is 2.55. The Hall–Kier alpha value is -1.51. The number of aliphatic imine (C=N–C) groups is 1. The van der Waals surface area contributed by atoms with E-state index in [0.717, 1.165) is 24.2 Å². The van der Waals surface area contributed by atoms with Crippen molar-refractivity contribution in [1.82, 2.24) is 0 Å². The third-order valence-electron chi connectivity index (χ3n) is 3.17. The largest absolute Gasteiger partial charge is 0.454 e. The average molecular weight is 306 g/mol. The molecular formula is C16H13Cl2NO. The summed E-state index contributed by atoms with van der Waals surface area (Å²) in [5.74, 6) is 1.36. The van der Waals surface area contributed by atoms with Gasteiger partial charge in [-0.1, -0.05) is 42.6 Å². The van der Waals surface area contributed by atoms with E-state index in [-0.39, 0.29) is 0 Å². The van der Waals surface area contributed by atoms with Gasteiger partial charge in [0.1, 0.15) is 16.6 Å². The third-order valence-corrected chi connectivity index (χ3v) is 3.69. The Labute approximate surface area is 128 Å². The molecule has 0 atom stereocenters. The predicted molar refractivity (Wildman–Crippen MR) is 84.0 cm³/mol. The van der Waals surface area contributed by atoms with Crippen LogP contribution in [0.2, 0.25) is 5.02 Å². The molecule has 1 aliphatic rings. The molecule has 4 heteroatoms. The molecule has 0 aliphatic carbocycles. The number of hydrogen-bond donors (Lipinski definition) is 0. The lowest BCUT2D eigenvalue weighted by atomic mass is 10.1. The van der Waals surface area contributed by atoms with Gasteiger partial charge < -0.3 is 4.74 Å². The number of rotatable bonds is 2. The second kappa shape index (κ2) is 5.47. The van der Waals surface area contributed by atoms with E-state index in [9.17, 15) is 0 Å². The van der Waals surface area contributed by atoms with Gasteiger partial charge in [-0.3, -0.25) is 0 Å². The number of nitrogens with zero attached hydrogens (tertiary/aromatic N) is 1. The van der Waals surface area contributed by atoms with Gasteiger partial charge in [-0.15, -0.1) is 0 Å². The van der Waals surface area contributed by atoms with E-state index in [1.54, 1.807) is 18.2 Å². The maximum absolute atomic E-state index is 6.29. The van der Waals surface area contributed by atoms with Gasteiger partial charge in [0.2, 0.25) is 0 Å². The lowest BCUT2D eigenvalue weighted by molar-refractivity contribution is 0.484. The fourth-order valence-electron chi connectivity index (χ4n) is 2.21. The van der Waals surface area contributed by atoms with Gasteiger partial charge in [0.25, 0.3) is 0 Å². The summed E-state index contributed by atoms with van der Waals surface area (Å²) in [7, 11) is 0. The number of benzene rings is 2. The van der Waals surface area contributed by atoms with Crippen molar-refractivity contribution < 1.29 is 4.74 Å². The molecule has 0 saturated heterocycles. The third kappa shape index (κ3) is 2.54. The Balaban J connectivity index is 2.12. The molecule has 0 aromatic heterocycles. The van der Waals surface area contributed by atoms with Gasteiger partial charge in [0, 0.05) is 11.1 Å². The summed E-state index contributed by atoms with van der Waals surface area (Å²) >= 11 is 12.3. The van der Waals surface area contributed by atoms with Crippen molar-refractivity contribution in [3.8, 4) is 11.5 Å². The Kier molecular flexibility index (Phi) is 3.68. The highest BCUT2D eigenvalue weighted by Crippen LogP contribution is 2.40. The van der Waals surface area contributed by atoms with Crippen LogP contribution in [0.1, 0.15) is 24.5 Å². The molecule has 1 aliphatic heterocycles. The van der Waals surface area contributed by atoms with E-state index in [1.165, 1.54) is 5.56 Å². The maximum Gasteiger partial charge on any atom is 0.154 e. The van der Waals surface area contributed by atoms with E-state index in [2.05, 4.69) is 18.0 Å². The van der Waals surface area contributed by atoms with Crippen LogP contribution in [0.15, 0.2) is 41.4 Å². The summed E-state index contributed by atoms with van der Waals surface area (Å²) in [6, 6.07) is 11.4. The fourth-order valence-corrected chi connectivity index (χ4v) is 2.62. The van der Waals surface area contributed by atoms with Gasteiger partial charge in [-0.25, -0.2) is 4.99 Å². The van der Waals surface area contributed by atoms with Crippen LogP contribution in [0, 0.1) is 0 Å². The predicted octanol–water partition coefficient (Wildman–Crippen LogP) is 5.72. The second-order valence-corrected chi connectivity index (χ2v) is 5.49. The molecule has 0 unspecified atom stereocenters. The van der Waals surface area contributed by atoms with Crippen LogP contribution >= 0.6 is 23.2 Å². The zero-order valence-corrected chi connectivity index (χ0v) is 12.5. The van der Waals surface area contributed by atoms with Gasteiger partial charge >= 0.3 is 0 Å². The zero-order valence-electron chi connectivity index (χ0n) is 11.0. The smallest absolute Gasteiger partial charge is 0.154 e. The van der Waals surface area contributed by atoms with Crippen LogP contribution in [0.3, 0.4) is 0 Å². The summed E-state index contributed by atoms with van der Waals surface area (Å²) < 4.78 is 5.96. The molecule has 0 saturated carbocycles. The van der Waals surface area contributed by atoms with Crippen LogP contribution in [-0.2, 0) is 6.42 Å². The molecule has 2 aromatic rings. The van der Waals surface area contributed by atoms with Crippen molar-refractivity contribution in [2.45, 2.75) is 19.8 Å². The molecule has 0 N–H and O–H groups in total. The number of halogens is 2. The Morgan fingerprint density at radius 2 is 1.90 bits per heavy atom. The van der Waals surface area contributed by atoms with Crippen LogP contribution in [-0.4, -0.2) is 5.17 Å². The van der Waals surface area contributed by atoms with Crippen molar-refractivity contribution in [2.75, 3.05) is 0 Å². The highest BCUT2D eigenvalue weighted by atomic mass is 35.5. The van der Waals surface area contributed by atoms with E-state index in [4.69, 9.17) is 27.9 Å². The van der Waals surface area contributed by atoms with Crippen LogP contribution < -0.4 is 4.74 Å². The van der Waals surface area contributed by atoms with E-state index < -0.39 is 0 Å². The minimum absolute atomic E-state index is 0.434. The summed E-state index contributed by atoms with van der Waals surface area (Å²) in [4.78, 5) is 4.40. The number of fused-ring (bicyclic) bond motifs is 2. The minimum Gasteiger partial charge on any atom is -0.454 e. The fraction of sp³-hybridized carbons (Fsp3) is 0.188. The molecule has 20 heavy (non-hydrogen) atoms. The first-order valence-corrected chi connectivity index (χ1v) is 7.28. The molecule has 2 aromatic carbocycles. The molecular weight excluding hydrogens is 293 g/mol. The molecule has 3 rings (SSSR count). The molecule has 2 nitrogen and oxygen atoms in total. The molecule has 0 spiro atoms. The van der Waals surface area contributed by atoms with Gasteiger partial charge in [-0.2, -0.15) is 0 Å². The number of hydrogen-bond acceptors (Lipinski definition) is 2. The van der Waals surface area contributed by atoms with E-state index >= 15 is 0 Å². The Morgan fingerprint density at radius 1 is 1.05 bits per heavy atom. The molecule has 1 heterocycles. The first-order valence-electron chi connectivity index (χ1n) is 6.52. The van der Waals surface area contributed by atoms with Crippen molar-refractivity contribution in [3.63, 3.8) is 0 Å². The van der Waals surface area contributed by atoms with Crippen molar-refractivity contribution in [3.05, 3.63) is 52.5 Å². The summed E-state index contributed by atoms with van der Waals surface area (Å²) in [6.07, 6.45) is 2.09.